The first-order valence-electron chi connectivity index (χ1n) is 8.40. The summed E-state index contributed by atoms with van der Waals surface area (Å²) in [5.41, 5.74) is 5.01. The molecule has 0 atom stereocenters. The molecular formula is C20H20N4OS. The predicted octanol–water partition coefficient (Wildman–Crippen LogP) is 4.30. The van der Waals surface area contributed by atoms with E-state index in [1.807, 2.05) is 60.9 Å². The van der Waals surface area contributed by atoms with E-state index in [0.29, 0.717) is 13.0 Å². The van der Waals surface area contributed by atoms with Crippen molar-refractivity contribution in [1.29, 1.82) is 5.26 Å². The number of amides is 1. The summed E-state index contributed by atoms with van der Waals surface area (Å²) in [5.74, 6) is 0.195. The number of nitrogens with one attached hydrogen (secondary N) is 1. The Morgan fingerprint density at radius 3 is 2.81 bits per heavy atom. The normalized spacial score (nSPS) is 10.7. The van der Waals surface area contributed by atoms with Crippen molar-refractivity contribution in [3.63, 3.8) is 0 Å². The molecule has 0 saturated heterocycles. The van der Waals surface area contributed by atoms with Crippen LogP contribution in [0.2, 0.25) is 0 Å². The van der Waals surface area contributed by atoms with Crippen molar-refractivity contribution in [2.24, 2.45) is 0 Å². The molecule has 3 aromatic rings. The number of benzene rings is 2. The fourth-order valence-electron chi connectivity index (χ4n) is 2.69. The Hall–Kier alpha value is -2.78. The summed E-state index contributed by atoms with van der Waals surface area (Å²) in [5, 5.41) is 12.6. The molecule has 26 heavy (non-hydrogen) atoms. The Morgan fingerprint density at radius 1 is 1.23 bits per heavy atom. The van der Waals surface area contributed by atoms with Gasteiger partial charge in [-0.2, -0.15) is 5.26 Å². The molecule has 5 nitrogen and oxygen atoms in total. The number of nitriles is 1. The third-order valence-corrected chi connectivity index (χ3v) is 5.17. The third-order valence-electron chi connectivity index (χ3n) is 4.19. The molecule has 0 bridgehead atoms. The summed E-state index contributed by atoms with van der Waals surface area (Å²) in [4.78, 5) is 16.9. The van der Waals surface area contributed by atoms with Crippen LogP contribution in [0.25, 0.3) is 11.0 Å². The molecule has 1 aromatic heterocycles. The lowest BCUT2D eigenvalue weighted by Gasteiger charge is -2.09. The van der Waals surface area contributed by atoms with E-state index in [9.17, 15) is 4.79 Å². The van der Waals surface area contributed by atoms with Gasteiger partial charge < -0.3 is 9.88 Å². The van der Waals surface area contributed by atoms with Gasteiger partial charge in [-0.25, -0.2) is 4.98 Å². The van der Waals surface area contributed by atoms with Gasteiger partial charge in [-0.15, -0.1) is 0 Å². The predicted molar refractivity (Wildman–Crippen MR) is 105 cm³/mol. The molecular weight excluding hydrogens is 344 g/mol. The molecule has 6 heteroatoms. The summed E-state index contributed by atoms with van der Waals surface area (Å²) >= 11 is 1.39. The van der Waals surface area contributed by atoms with Crippen LogP contribution in [0.15, 0.2) is 47.6 Å². The molecule has 0 spiro atoms. The lowest BCUT2D eigenvalue weighted by atomic mass is 10.1. The molecule has 0 aliphatic heterocycles. The number of nitrogens with zero attached hydrogens (tertiary/aromatic N) is 3. The monoisotopic (exact) mass is 364 g/mol. The minimum Gasteiger partial charge on any atom is -0.325 e. The molecule has 1 amide bonds. The SMILES string of the molecule is Cc1ccc(NC(=O)CSc2nc3ccccc3n2CCC#N)cc1C. The van der Waals surface area contributed by atoms with E-state index in [2.05, 4.69) is 16.4 Å². The highest BCUT2D eigenvalue weighted by molar-refractivity contribution is 7.99. The van der Waals surface area contributed by atoms with Crippen molar-refractivity contribution >= 4 is 34.4 Å². The Balaban J connectivity index is 1.71. The van der Waals surface area contributed by atoms with Gasteiger partial charge in [0, 0.05) is 12.2 Å². The average Bonchev–Trinajstić information content (AvgIpc) is 2.99. The fraction of sp³-hybridized carbons (Fsp3) is 0.250. The van der Waals surface area contributed by atoms with E-state index in [1.54, 1.807) is 0 Å². The molecule has 0 aliphatic rings. The quantitative estimate of drug-likeness (QED) is 0.662. The number of carbonyl (C=O) groups excluding carboxylic acids is 1. The van der Waals surface area contributed by atoms with Crippen LogP contribution in [0.3, 0.4) is 0 Å². The highest BCUT2D eigenvalue weighted by atomic mass is 32.2. The number of hydrogen-bond donors (Lipinski definition) is 1. The molecule has 132 valence electrons. The van der Waals surface area contributed by atoms with E-state index in [1.165, 1.54) is 17.3 Å². The summed E-state index contributed by atoms with van der Waals surface area (Å²) in [6.07, 6.45) is 0.406. The van der Waals surface area contributed by atoms with E-state index in [4.69, 9.17) is 5.26 Å². The summed E-state index contributed by atoms with van der Waals surface area (Å²) in [6.45, 7) is 4.64. The third kappa shape index (κ3) is 4.06. The van der Waals surface area contributed by atoms with Gasteiger partial charge in [-0.05, 0) is 49.2 Å². The first-order valence-corrected chi connectivity index (χ1v) is 9.39. The van der Waals surface area contributed by atoms with E-state index >= 15 is 0 Å². The van der Waals surface area contributed by atoms with Crippen molar-refractivity contribution in [2.45, 2.75) is 32.0 Å². The maximum absolute atomic E-state index is 12.3. The number of imidazole rings is 1. The van der Waals surface area contributed by atoms with Gasteiger partial charge in [-0.1, -0.05) is 30.0 Å². The number of anilines is 1. The topological polar surface area (TPSA) is 70.7 Å². The Labute approximate surface area is 157 Å². The number of fused-ring (bicyclic) bond motifs is 1. The highest BCUT2D eigenvalue weighted by Gasteiger charge is 2.13. The maximum Gasteiger partial charge on any atom is 0.234 e. The highest BCUT2D eigenvalue weighted by Crippen LogP contribution is 2.24. The second-order valence-electron chi connectivity index (χ2n) is 6.08. The van der Waals surface area contributed by atoms with Crippen LogP contribution in [-0.4, -0.2) is 21.2 Å². The second kappa shape index (κ2) is 8.07. The molecule has 2 aromatic carbocycles. The molecule has 0 aliphatic carbocycles. The zero-order valence-corrected chi connectivity index (χ0v) is 15.6. The smallest absolute Gasteiger partial charge is 0.234 e. The largest absolute Gasteiger partial charge is 0.325 e. The molecule has 0 saturated carbocycles. The van der Waals surface area contributed by atoms with E-state index in [-0.39, 0.29) is 11.7 Å². The Kier molecular flexibility index (Phi) is 5.59. The first-order chi connectivity index (χ1) is 12.6. The molecule has 0 fully saturated rings. The average molecular weight is 364 g/mol. The fourth-order valence-corrected chi connectivity index (χ4v) is 3.53. The zero-order chi connectivity index (χ0) is 18.5. The maximum atomic E-state index is 12.3. The Morgan fingerprint density at radius 2 is 2.04 bits per heavy atom. The summed E-state index contributed by atoms with van der Waals surface area (Å²) in [6, 6.07) is 15.9. The van der Waals surface area contributed by atoms with Gasteiger partial charge >= 0.3 is 0 Å². The van der Waals surface area contributed by atoms with E-state index in [0.717, 1.165) is 27.4 Å². The number of para-hydroxylation sites is 2. The van der Waals surface area contributed by atoms with Crippen LogP contribution in [0, 0.1) is 25.2 Å². The van der Waals surface area contributed by atoms with Crippen molar-refractivity contribution in [2.75, 3.05) is 11.1 Å². The van der Waals surface area contributed by atoms with Gasteiger partial charge in [0.2, 0.25) is 5.91 Å². The number of hydrogen-bond acceptors (Lipinski definition) is 4. The summed E-state index contributed by atoms with van der Waals surface area (Å²) in [7, 11) is 0. The van der Waals surface area contributed by atoms with Crippen LogP contribution < -0.4 is 5.32 Å². The number of carbonyl (C=O) groups is 1. The van der Waals surface area contributed by atoms with Crippen molar-refractivity contribution in [1.82, 2.24) is 9.55 Å². The molecule has 1 heterocycles. The van der Waals surface area contributed by atoms with Crippen LogP contribution in [0.5, 0.6) is 0 Å². The number of rotatable bonds is 6. The molecule has 0 radical (unpaired) electrons. The first kappa shape index (κ1) is 18.0. The molecule has 0 unspecified atom stereocenters. The molecule has 3 rings (SSSR count). The number of aryl methyl sites for hydroxylation is 3. The van der Waals surface area contributed by atoms with Gasteiger partial charge in [0.1, 0.15) is 0 Å². The van der Waals surface area contributed by atoms with Crippen LogP contribution >= 0.6 is 11.8 Å². The lowest BCUT2D eigenvalue weighted by molar-refractivity contribution is -0.113. The van der Waals surface area contributed by atoms with Gasteiger partial charge in [0.05, 0.1) is 29.3 Å². The lowest BCUT2D eigenvalue weighted by Crippen LogP contribution is -2.14. The minimum atomic E-state index is -0.0721. The zero-order valence-electron chi connectivity index (χ0n) is 14.8. The standard InChI is InChI=1S/C20H20N4OS/c1-14-8-9-16(12-15(14)2)22-19(25)13-26-20-23-17-6-3-4-7-18(17)24(20)11-5-10-21/h3-4,6-9,12H,5,11,13H2,1-2H3,(H,22,25). The van der Waals surface area contributed by atoms with Crippen molar-refractivity contribution in [3.8, 4) is 6.07 Å². The van der Waals surface area contributed by atoms with Crippen LogP contribution in [-0.2, 0) is 11.3 Å². The van der Waals surface area contributed by atoms with Crippen LogP contribution in [0.1, 0.15) is 17.5 Å². The van der Waals surface area contributed by atoms with Crippen molar-refractivity contribution in [3.05, 3.63) is 53.6 Å². The number of thioether (sulfide) groups is 1. The molecule has 1 N–H and O–H groups in total. The Bertz CT molecular complexity index is 987. The van der Waals surface area contributed by atoms with Crippen molar-refractivity contribution < 1.29 is 4.79 Å². The number of aromatic nitrogens is 2. The van der Waals surface area contributed by atoms with E-state index < -0.39 is 0 Å². The van der Waals surface area contributed by atoms with Gasteiger partial charge in [0.25, 0.3) is 0 Å². The van der Waals surface area contributed by atoms with Gasteiger partial charge in [0.15, 0.2) is 5.16 Å². The minimum absolute atomic E-state index is 0.0721. The van der Waals surface area contributed by atoms with Gasteiger partial charge in [-0.3, -0.25) is 4.79 Å². The summed E-state index contributed by atoms with van der Waals surface area (Å²) < 4.78 is 2.01. The van der Waals surface area contributed by atoms with Crippen LogP contribution in [0.4, 0.5) is 5.69 Å². The second-order valence-corrected chi connectivity index (χ2v) is 7.02.